The zero-order valence-electron chi connectivity index (χ0n) is 17.3. The third kappa shape index (κ3) is 3.13. The predicted molar refractivity (Wildman–Crippen MR) is 123 cm³/mol. The molecule has 0 amide bonds. The monoisotopic (exact) mass is 440 g/mol. The van der Waals surface area contributed by atoms with Crippen LogP contribution in [0.3, 0.4) is 0 Å². The van der Waals surface area contributed by atoms with Gasteiger partial charge in [0, 0.05) is 10.1 Å². The van der Waals surface area contributed by atoms with Gasteiger partial charge in [-0.05, 0) is 55.5 Å². The summed E-state index contributed by atoms with van der Waals surface area (Å²) >= 11 is 3.42. The van der Waals surface area contributed by atoms with Gasteiger partial charge in [-0.1, -0.05) is 32.0 Å². The van der Waals surface area contributed by atoms with Crippen LogP contribution in [-0.2, 0) is 12.8 Å². The number of thioether (sulfide) groups is 1. The fraction of sp³-hybridized carbons (Fsp3) is 0.409. The first-order chi connectivity index (χ1) is 14.6. The van der Waals surface area contributed by atoms with Gasteiger partial charge in [0.05, 0.1) is 18.2 Å². The van der Waals surface area contributed by atoms with Gasteiger partial charge in [0.15, 0.2) is 5.16 Å². The molecule has 0 fully saturated rings. The lowest BCUT2D eigenvalue weighted by molar-refractivity contribution is 0.414. The number of ether oxygens (including phenoxy) is 1. The summed E-state index contributed by atoms with van der Waals surface area (Å²) in [5.74, 6) is 1.32. The molecule has 3 heterocycles. The lowest BCUT2D eigenvalue weighted by Crippen LogP contribution is -2.22. The number of rotatable bonds is 4. The van der Waals surface area contributed by atoms with E-state index in [1.807, 2.05) is 24.3 Å². The summed E-state index contributed by atoms with van der Waals surface area (Å²) < 4.78 is 9.09. The van der Waals surface area contributed by atoms with E-state index in [1.54, 1.807) is 34.8 Å². The molecule has 156 valence electrons. The van der Waals surface area contributed by atoms with Crippen LogP contribution in [0.2, 0.25) is 0 Å². The Labute approximate surface area is 182 Å². The maximum absolute atomic E-state index is 13.8. The third-order valence-electron chi connectivity index (χ3n) is 5.51. The van der Waals surface area contributed by atoms with Gasteiger partial charge in [-0.3, -0.25) is 4.79 Å². The van der Waals surface area contributed by atoms with Crippen LogP contribution in [0.1, 0.15) is 43.6 Å². The predicted octanol–water partition coefficient (Wildman–Crippen LogP) is 4.87. The van der Waals surface area contributed by atoms with Gasteiger partial charge in [0.2, 0.25) is 5.78 Å². The standard InChI is InChI=1S/C22H24N4O2S2/c1-13(2)29-22-24-23-21-25(14-9-11-15(28-3)12-10-14)19(27)18-16-7-5-4-6-8-17(16)30-20(18)26(21)22/h9-13H,4-8H2,1-3H3. The zero-order valence-corrected chi connectivity index (χ0v) is 19.0. The zero-order chi connectivity index (χ0) is 20.8. The van der Waals surface area contributed by atoms with Crippen molar-refractivity contribution in [1.82, 2.24) is 19.2 Å². The van der Waals surface area contributed by atoms with Crippen molar-refractivity contribution >= 4 is 39.1 Å². The van der Waals surface area contributed by atoms with E-state index in [0.29, 0.717) is 11.0 Å². The molecule has 1 aliphatic carbocycles. The number of aryl methyl sites for hydroxylation is 2. The van der Waals surface area contributed by atoms with Crippen LogP contribution in [0.25, 0.3) is 21.7 Å². The van der Waals surface area contributed by atoms with Crippen LogP contribution in [0.15, 0.2) is 34.2 Å². The normalized spacial score (nSPS) is 14.4. The second-order valence-electron chi connectivity index (χ2n) is 7.87. The molecular weight excluding hydrogens is 416 g/mol. The fourth-order valence-corrected chi connectivity index (χ4v) is 6.37. The molecule has 1 aliphatic rings. The highest BCUT2D eigenvalue weighted by Crippen LogP contribution is 2.36. The van der Waals surface area contributed by atoms with Gasteiger partial charge in [-0.2, -0.15) is 0 Å². The topological polar surface area (TPSA) is 61.4 Å². The van der Waals surface area contributed by atoms with Crippen molar-refractivity contribution in [3.8, 4) is 11.4 Å². The lowest BCUT2D eigenvalue weighted by Gasteiger charge is -2.11. The van der Waals surface area contributed by atoms with E-state index in [-0.39, 0.29) is 5.56 Å². The summed E-state index contributed by atoms with van der Waals surface area (Å²) in [7, 11) is 1.64. The average molecular weight is 441 g/mol. The van der Waals surface area contributed by atoms with Gasteiger partial charge in [-0.25, -0.2) is 8.97 Å². The third-order valence-corrected chi connectivity index (χ3v) is 7.73. The van der Waals surface area contributed by atoms with E-state index in [4.69, 9.17) is 4.74 Å². The second kappa shape index (κ2) is 7.74. The molecule has 8 heteroatoms. The molecule has 0 N–H and O–H groups in total. The number of methoxy groups -OCH3 is 1. The first kappa shape index (κ1) is 19.6. The van der Waals surface area contributed by atoms with Crippen LogP contribution in [0.5, 0.6) is 5.75 Å². The smallest absolute Gasteiger partial charge is 0.268 e. The average Bonchev–Trinajstić information content (AvgIpc) is 3.22. The minimum atomic E-state index is -0.00411. The van der Waals surface area contributed by atoms with E-state index >= 15 is 0 Å². The van der Waals surface area contributed by atoms with Gasteiger partial charge < -0.3 is 4.74 Å². The van der Waals surface area contributed by atoms with Crippen molar-refractivity contribution in [2.24, 2.45) is 0 Å². The van der Waals surface area contributed by atoms with Crippen molar-refractivity contribution in [2.75, 3.05) is 7.11 Å². The molecular formula is C22H24N4O2S2. The van der Waals surface area contributed by atoms with Crippen LogP contribution in [0, 0.1) is 0 Å². The first-order valence-corrected chi connectivity index (χ1v) is 12.0. The van der Waals surface area contributed by atoms with E-state index in [1.165, 1.54) is 23.3 Å². The Morgan fingerprint density at radius 3 is 2.60 bits per heavy atom. The summed E-state index contributed by atoms with van der Waals surface area (Å²) in [5, 5.41) is 11.0. The Kier molecular flexibility index (Phi) is 5.06. The van der Waals surface area contributed by atoms with Crippen molar-refractivity contribution < 1.29 is 4.74 Å². The maximum Gasteiger partial charge on any atom is 0.268 e. The number of benzene rings is 1. The molecule has 30 heavy (non-hydrogen) atoms. The number of thiophene rings is 1. The highest BCUT2D eigenvalue weighted by molar-refractivity contribution is 7.99. The van der Waals surface area contributed by atoms with Crippen molar-refractivity contribution in [1.29, 1.82) is 0 Å². The molecule has 1 aromatic carbocycles. The van der Waals surface area contributed by atoms with Crippen LogP contribution in [0.4, 0.5) is 0 Å². The van der Waals surface area contributed by atoms with Gasteiger partial charge in [0.1, 0.15) is 10.6 Å². The molecule has 3 aromatic heterocycles. The van der Waals surface area contributed by atoms with E-state index < -0.39 is 0 Å². The largest absolute Gasteiger partial charge is 0.497 e. The molecule has 0 saturated carbocycles. The highest BCUT2D eigenvalue weighted by Gasteiger charge is 2.25. The van der Waals surface area contributed by atoms with Crippen molar-refractivity contribution in [2.45, 2.75) is 56.4 Å². The molecule has 0 radical (unpaired) electrons. The Morgan fingerprint density at radius 1 is 1.10 bits per heavy atom. The summed E-state index contributed by atoms with van der Waals surface area (Å²) in [4.78, 5) is 16.2. The summed E-state index contributed by atoms with van der Waals surface area (Å²) in [6.07, 6.45) is 5.55. The van der Waals surface area contributed by atoms with Gasteiger partial charge >= 0.3 is 0 Å². The van der Waals surface area contributed by atoms with Crippen LogP contribution < -0.4 is 10.3 Å². The van der Waals surface area contributed by atoms with Gasteiger partial charge in [0.25, 0.3) is 5.56 Å². The lowest BCUT2D eigenvalue weighted by atomic mass is 10.1. The number of fused-ring (bicyclic) bond motifs is 5. The Hall–Kier alpha value is -2.32. The van der Waals surface area contributed by atoms with Crippen LogP contribution in [-0.4, -0.2) is 31.5 Å². The van der Waals surface area contributed by atoms with E-state index in [2.05, 4.69) is 28.4 Å². The molecule has 5 rings (SSSR count). The SMILES string of the molecule is COc1ccc(-n2c(=O)c3c4c(sc3n3c(SC(C)C)nnc23)CCCCC4)cc1. The van der Waals surface area contributed by atoms with E-state index in [9.17, 15) is 4.79 Å². The fourth-order valence-electron chi connectivity index (χ4n) is 4.14. The second-order valence-corrected chi connectivity index (χ2v) is 10.5. The minimum Gasteiger partial charge on any atom is -0.497 e. The Balaban J connectivity index is 1.88. The summed E-state index contributed by atoms with van der Waals surface area (Å²) in [6.45, 7) is 4.29. The summed E-state index contributed by atoms with van der Waals surface area (Å²) in [5.41, 5.74) is 2.00. The van der Waals surface area contributed by atoms with Crippen molar-refractivity contribution in [3.05, 3.63) is 45.1 Å². The first-order valence-electron chi connectivity index (χ1n) is 10.3. The molecule has 0 bridgehead atoms. The maximum atomic E-state index is 13.8. The number of aromatic nitrogens is 4. The van der Waals surface area contributed by atoms with Crippen LogP contribution >= 0.6 is 23.1 Å². The molecule has 0 saturated heterocycles. The molecule has 4 aromatic rings. The molecule has 0 unspecified atom stereocenters. The summed E-state index contributed by atoms with van der Waals surface area (Å²) in [6, 6.07) is 7.55. The molecule has 0 aliphatic heterocycles. The van der Waals surface area contributed by atoms with E-state index in [0.717, 1.165) is 46.1 Å². The Morgan fingerprint density at radius 2 is 1.87 bits per heavy atom. The highest BCUT2D eigenvalue weighted by atomic mass is 32.2. The van der Waals surface area contributed by atoms with Crippen molar-refractivity contribution in [3.63, 3.8) is 0 Å². The minimum absolute atomic E-state index is 0.00411. The van der Waals surface area contributed by atoms with Gasteiger partial charge in [-0.15, -0.1) is 21.5 Å². The quantitative estimate of drug-likeness (QED) is 0.335. The number of hydrogen-bond acceptors (Lipinski definition) is 6. The molecule has 0 atom stereocenters. The number of hydrogen-bond donors (Lipinski definition) is 0. The number of nitrogens with zero attached hydrogens (tertiary/aromatic N) is 4. The molecule has 6 nitrogen and oxygen atoms in total. The molecule has 0 spiro atoms. The Bertz CT molecular complexity index is 1280.